The number of aromatic carboxylic acids is 1. The highest BCUT2D eigenvalue weighted by Gasteiger charge is 2.23. The number of sulfone groups is 1. The van der Waals surface area contributed by atoms with Crippen molar-refractivity contribution in [3.63, 3.8) is 0 Å². The van der Waals surface area contributed by atoms with Gasteiger partial charge in [0.2, 0.25) is 0 Å². The first-order chi connectivity index (χ1) is 8.79. The van der Waals surface area contributed by atoms with Crippen molar-refractivity contribution in [1.82, 2.24) is 0 Å². The summed E-state index contributed by atoms with van der Waals surface area (Å²) in [5.74, 6) is -1.53. The fraction of sp³-hybridized carbons (Fsp3) is 0.364. The zero-order valence-electron chi connectivity index (χ0n) is 10.0. The number of ether oxygens (including phenoxy) is 1. The number of carbonyl (C=O) groups is 1. The molecule has 0 aliphatic heterocycles. The van der Waals surface area contributed by atoms with E-state index in [1.54, 1.807) is 0 Å². The van der Waals surface area contributed by atoms with Gasteiger partial charge in [0.05, 0.1) is 21.2 Å². The van der Waals surface area contributed by atoms with Crippen molar-refractivity contribution in [3.05, 3.63) is 27.7 Å². The molecule has 1 N–H and O–H groups in total. The van der Waals surface area contributed by atoms with Crippen LogP contribution in [0.15, 0.2) is 17.0 Å². The van der Waals surface area contributed by atoms with Gasteiger partial charge in [-0.1, -0.05) is 23.2 Å². The van der Waals surface area contributed by atoms with E-state index in [1.807, 2.05) is 0 Å². The standard InChI is InChI=1S/C11H12Cl2O5S/c1-18-3-2-4-19(16,17)9-6-7(12)5-8(10(9)13)11(14)15/h5-6H,2-4H2,1H3,(H,14,15). The van der Waals surface area contributed by atoms with Gasteiger partial charge >= 0.3 is 5.97 Å². The molecule has 5 nitrogen and oxygen atoms in total. The Kier molecular flexibility index (Phi) is 5.61. The molecule has 1 aromatic rings. The van der Waals surface area contributed by atoms with Crippen molar-refractivity contribution in [2.45, 2.75) is 11.3 Å². The molecule has 1 rings (SSSR count). The van der Waals surface area contributed by atoms with Gasteiger partial charge in [0, 0.05) is 18.7 Å². The Morgan fingerprint density at radius 1 is 1.37 bits per heavy atom. The smallest absolute Gasteiger partial charge is 0.337 e. The number of halogens is 2. The normalized spacial score (nSPS) is 11.5. The van der Waals surface area contributed by atoms with Crippen LogP contribution in [0, 0.1) is 0 Å². The fourth-order valence-corrected chi connectivity index (χ4v) is 3.68. The van der Waals surface area contributed by atoms with Crippen LogP contribution < -0.4 is 0 Å². The summed E-state index contributed by atoms with van der Waals surface area (Å²) >= 11 is 11.5. The fourth-order valence-electron chi connectivity index (χ4n) is 1.45. The monoisotopic (exact) mass is 326 g/mol. The highest BCUT2D eigenvalue weighted by molar-refractivity contribution is 7.91. The molecular weight excluding hydrogens is 315 g/mol. The van der Waals surface area contributed by atoms with E-state index < -0.39 is 15.8 Å². The van der Waals surface area contributed by atoms with Gasteiger partial charge in [-0.15, -0.1) is 0 Å². The van der Waals surface area contributed by atoms with E-state index in [-0.39, 0.29) is 39.3 Å². The predicted molar refractivity (Wildman–Crippen MR) is 72.0 cm³/mol. The molecule has 0 saturated heterocycles. The quantitative estimate of drug-likeness (QED) is 0.812. The third-order valence-electron chi connectivity index (χ3n) is 2.33. The summed E-state index contributed by atoms with van der Waals surface area (Å²) in [5.41, 5.74) is -0.334. The van der Waals surface area contributed by atoms with Gasteiger partial charge in [-0.2, -0.15) is 0 Å². The number of rotatable bonds is 6. The second kappa shape index (κ2) is 6.56. The Morgan fingerprint density at radius 3 is 2.53 bits per heavy atom. The Labute approximate surface area is 121 Å². The minimum Gasteiger partial charge on any atom is -0.478 e. The molecule has 0 fully saturated rings. The molecule has 0 atom stereocenters. The Morgan fingerprint density at radius 2 is 2.00 bits per heavy atom. The third kappa shape index (κ3) is 4.07. The van der Waals surface area contributed by atoms with Crippen molar-refractivity contribution in [3.8, 4) is 0 Å². The summed E-state index contributed by atoms with van der Waals surface area (Å²) in [6, 6.07) is 2.26. The third-order valence-corrected chi connectivity index (χ3v) is 4.89. The number of hydrogen-bond donors (Lipinski definition) is 1. The zero-order chi connectivity index (χ0) is 14.6. The first kappa shape index (κ1) is 16.2. The van der Waals surface area contributed by atoms with Gasteiger partial charge < -0.3 is 9.84 Å². The van der Waals surface area contributed by atoms with Crippen LogP contribution in [0.3, 0.4) is 0 Å². The molecule has 0 amide bonds. The van der Waals surface area contributed by atoms with Crippen LogP contribution in [-0.4, -0.2) is 39.0 Å². The number of benzene rings is 1. The predicted octanol–water partition coefficient (Wildman–Crippen LogP) is 2.50. The topological polar surface area (TPSA) is 80.7 Å². The highest BCUT2D eigenvalue weighted by Crippen LogP contribution is 2.30. The summed E-state index contributed by atoms with van der Waals surface area (Å²) in [4.78, 5) is 10.7. The van der Waals surface area contributed by atoms with Gasteiger partial charge in [0.25, 0.3) is 0 Å². The Hall–Kier alpha value is -0.820. The molecular formula is C11H12Cl2O5S. The summed E-state index contributed by atoms with van der Waals surface area (Å²) in [6.45, 7) is 0.281. The molecule has 0 bridgehead atoms. The molecule has 106 valence electrons. The second-order valence-corrected chi connectivity index (χ2v) is 6.63. The van der Waals surface area contributed by atoms with Gasteiger partial charge in [-0.05, 0) is 18.6 Å². The molecule has 0 radical (unpaired) electrons. The second-order valence-electron chi connectivity index (χ2n) is 3.74. The van der Waals surface area contributed by atoms with E-state index in [0.717, 1.165) is 12.1 Å². The van der Waals surface area contributed by atoms with Crippen LogP contribution >= 0.6 is 23.2 Å². The number of methoxy groups -OCH3 is 1. The lowest BCUT2D eigenvalue weighted by atomic mass is 10.2. The maximum absolute atomic E-state index is 12.1. The lowest BCUT2D eigenvalue weighted by Crippen LogP contribution is -2.11. The van der Waals surface area contributed by atoms with E-state index in [2.05, 4.69) is 0 Å². The first-order valence-electron chi connectivity index (χ1n) is 5.23. The lowest BCUT2D eigenvalue weighted by Gasteiger charge is -2.09. The molecule has 0 saturated carbocycles. The van der Waals surface area contributed by atoms with Crippen molar-refractivity contribution in [2.24, 2.45) is 0 Å². The van der Waals surface area contributed by atoms with E-state index in [4.69, 9.17) is 33.0 Å². The summed E-state index contributed by atoms with van der Waals surface area (Å²) in [7, 11) is -2.24. The number of carboxylic acid groups (broad SMARTS) is 1. The van der Waals surface area contributed by atoms with Gasteiger partial charge in [0.1, 0.15) is 0 Å². The molecule has 0 unspecified atom stereocenters. The summed E-state index contributed by atoms with van der Waals surface area (Å²) < 4.78 is 28.9. The molecule has 0 spiro atoms. The van der Waals surface area contributed by atoms with E-state index in [1.165, 1.54) is 7.11 Å². The van der Waals surface area contributed by atoms with Crippen LogP contribution in [0.2, 0.25) is 10.0 Å². The maximum atomic E-state index is 12.1. The van der Waals surface area contributed by atoms with Crippen LogP contribution in [0.5, 0.6) is 0 Å². The molecule has 19 heavy (non-hydrogen) atoms. The largest absolute Gasteiger partial charge is 0.478 e. The lowest BCUT2D eigenvalue weighted by molar-refractivity contribution is 0.0697. The molecule has 8 heteroatoms. The highest BCUT2D eigenvalue weighted by atomic mass is 35.5. The molecule has 0 aliphatic carbocycles. The molecule has 0 aromatic heterocycles. The Balaban J connectivity index is 3.23. The van der Waals surface area contributed by atoms with Gasteiger partial charge in [-0.25, -0.2) is 13.2 Å². The minimum absolute atomic E-state index is 0.00659. The van der Waals surface area contributed by atoms with Crippen LogP contribution in [0.25, 0.3) is 0 Å². The molecule has 0 heterocycles. The zero-order valence-corrected chi connectivity index (χ0v) is 12.3. The summed E-state index contributed by atoms with van der Waals surface area (Å²) in [6.07, 6.45) is 0.282. The van der Waals surface area contributed by atoms with Crippen LogP contribution in [0.1, 0.15) is 16.8 Å². The van der Waals surface area contributed by atoms with Crippen LogP contribution in [0.4, 0.5) is 0 Å². The van der Waals surface area contributed by atoms with Crippen LogP contribution in [-0.2, 0) is 14.6 Å². The average molecular weight is 327 g/mol. The van der Waals surface area contributed by atoms with Gasteiger partial charge in [0.15, 0.2) is 9.84 Å². The minimum atomic E-state index is -3.70. The Bertz CT molecular complexity index is 583. The molecule has 0 aliphatic rings. The van der Waals surface area contributed by atoms with Crippen molar-refractivity contribution < 1.29 is 23.1 Å². The molecule has 1 aromatic carbocycles. The average Bonchev–Trinajstić information content (AvgIpc) is 2.31. The van der Waals surface area contributed by atoms with E-state index in [0.29, 0.717) is 0 Å². The van der Waals surface area contributed by atoms with E-state index in [9.17, 15) is 13.2 Å². The van der Waals surface area contributed by atoms with Crippen molar-refractivity contribution in [2.75, 3.05) is 19.5 Å². The maximum Gasteiger partial charge on any atom is 0.337 e. The van der Waals surface area contributed by atoms with Gasteiger partial charge in [-0.3, -0.25) is 0 Å². The van der Waals surface area contributed by atoms with E-state index >= 15 is 0 Å². The SMILES string of the molecule is COCCCS(=O)(=O)c1cc(Cl)cc(C(=O)O)c1Cl. The van der Waals surface area contributed by atoms with Crippen molar-refractivity contribution >= 4 is 39.0 Å². The first-order valence-corrected chi connectivity index (χ1v) is 7.64. The van der Waals surface area contributed by atoms with Crippen molar-refractivity contribution in [1.29, 1.82) is 0 Å². The number of hydrogen-bond acceptors (Lipinski definition) is 4. The number of carboxylic acids is 1. The summed E-state index contributed by atoms with van der Waals surface area (Å²) in [5, 5.41) is 8.62.